The van der Waals surface area contributed by atoms with Gasteiger partial charge in [0.15, 0.2) is 5.76 Å². The molecule has 1 heterocycles. The van der Waals surface area contributed by atoms with E-state index in [9.17, 15) is 0 Å². The van der Waals surface area contributed by atoms with Crippen LogP contribution in [0.15, 0.2) is 71.3 Å². The number of unbranched alkanes of at least 4 members (excludes halogenated alkanes) is 14. The maximum atomic E-state index is 6.05. The Morgan fingerprint density at radius 3 is 1.60 bits per heavy atom. The number of ether oxygens (including phenoxy) is 2. The molecule has 0 atom stereocenters. The van der Waals surface area contributed by atoms with E-state index >= 15 is 0 Å². The lowest BCUT2D eigenvalue weighted by Gasteiger charge is -2.08. The van der Waals surface area contributed by atoms with Gasteiger partial charge >= 0.3 is 0 Å². The maximum Gasteiger partial charge on any atom is 0.167 e. The minimum atomic E-state index is 0.766. The van der Waals surface area contributed by atoms with Crippen LogP contribution in [0.1, 0.15) is 117 Å². The summed E-state index contributed by atoms with van der Waals surface area (Å²) < 4.78 is 17.8. The molecular formula is C39H53NO3. The highest BCUT2D eigenvalue weighted by Gasteiger charge is 2.10. The monoisotopic (exact) mass is 583 g/mol. The van der Waals surface area contributed by atoms with Crippen LogP contribution >= 0.6 is 0 Å². The predicted octanol–water partition coefficient (Wildman–Crippen LogP) is 12.2. The highest BCUT2D eigenvalue weighted by Crippen LogP contribution is 2.30. The van der Waals surface area contributed by atoms with E-state index in [0.717, 1.165) is 65.5 Å². The first-order valence-corrected chi connectivity index (χ1v) is 17.1. The number of rotatable bonds is 22. The van der Waals surface area contributed by atoms with Crippen molar-refractivity contribution in [3.8, 4) is 34.1 Å². The van der Waals surface area contributed by atoms with Crippen molar-refractivity contribution in [1.82, 2.24) is 5.16 Å². The van der Waals surface area contributed by atoms with E-state index in [1.165, 1.54) is 95.3 Å². The van der Waals surface area contributed by atoms with E-state index in [0.29, 0.717) is 0 Å². The molecule has 0 amide bonds. The second-order valence-electron chi connectivity index (χ2n) is 12.0. The molecule has 0 radical (unpaired) electrons. The van der Waals surface area contributed by atoms with Gasteiger partial charge in [-0.05, 0) is 66.1 Å². The van der Waals surface area contributed by atoms with Crippen LogP contribution in [0, 0.1) is 0 Å². The molecule has 43 heavy (non-hydrogen) atoms. The molecule has 0 unspecified atom stereocenters. The van der Waals surface area contributed by atoms with Crippen LogP contribution in [-0.4, -0.2) is 18.4 Å². The molecule has 0 N–H and O–H groups in total. The zero-order valence-corrected chi connectivity index (χ0v) is 26.8. The zero-order valence-electron chi connectivity index (χ0n) is 26.8. The Bertz CT molecular complexity index is 1310. The minimum absolute atomic E-state index is 0.766. The van der Waals surface area contributed by atoms with Gasteiger partial charge in [0.05, 0.1) is 13.2 Å². The van der Waals surface area contributed by atoms with E-state index in [2.05, 4.69) is 67.5 Å². The predicted molar refractivity (Wildman–Crippen MR) is 181 cm³/mol. The maximum absolute atomic E-state index is 6.05. The Morgan fingerprint density at radius 1 is 0.488 bits per heavy atom. The minimum Gasteiger partial charge on any atom is -0.494 e. The van der Waals surface area contributed by atoms with Crippen molar-refractivity contribution in [1.29, 1.82) is 0 Å². The molecule has 4 heteroatoms. The third kappa shape index (κ3) is 11.4. The van der Waals surface area contributed by atoms with Crippen LogP contribution < -0.4 is 9.47 Å². The molecule has 0 saturated heterocycles. The standard InChI is InChI=1S/C39H53NO3/c1-3-5-7-9-11-13-15-17-27-41-36-24-21-32(22-25-36)38-31-39(43-40-38)35-20-19-34-30-37(26-23-33(34)29-35)42-28-18-16-14-12-10-8-6-4-2/h19-26,29-31H,3-18,27-28H2,1-2H3. The normalized spacial score (nSPS) is 11.3. The molecule has 4 nitrogen and oxygen atoms in total. The first-order chi connectivity index (χ1) is 21.3. The van der Waals surface area contributed by atoms with E-state index in [1.807, 2.05) is 18.2 Å². The van der Waals surface area contributed by atoms with Gasteiger partial charge in [-0.15, -0.1) is 0 Å². The Labute approximate surface area is 260 Å². The molecule has 4 aromatic rings. The van der Waals surface area contributed by atoms with Crippen molar-refractivity contribution in [3.63, 3.8) is 0 Å². The van der Waals surface area contributed by atoms with Gasteiger partial charge in [0.1, 0.15) is 17.2 Å². The van der Waals surface area contributed by atoms with Crippen molar-refractivity contribution in [2.75, 3.05) is 13.2 Å². The second-order valence-corrected chi connectivity index (χ2v) is 12.0. The number of fused-ring (bicyclic) bond motifs is 1. The first kappa shape index (κ1) is 32.6. The van der Waals surface area contributed by atoms with Crippen LogP contribution in [-0.2, 0) is 0 Å². The number of nitrogens with zero attached hydrogens (tertiary/aromatic N) is 1. The topological polar surface area (TPSA) is 44.5 Å². The molecule has 0 fully saturated rings. The average molecular weight is 584 g/mol. The molecule has 0 aliphatic carbocycles. The number of hydrogen-bond acceptors (Lipinski definition) is 4. The quantitative estimate of drug-likeness (QED) is 0.0863. The third-order valence-corrected chi connectivity index (χ3v) is 8.29. The molecular weight excluding hydrogens is 530 g/mol. The van der Waals surface area contributed by atoms with E-state index in [-0.39, 0.29) is 0 Å². The lowest BCUT2D eigenvalue weighted by Crippen LogP contribution is -1.97. The summed E-state index contributed by atoms with van der Waals surface area (Å²) in [4.78, 5) is 0. The van der Waals surface area contributed by atoms with Crippen LogP contribution in [0.4, 0.5) is 0 Å². The van der Waals surface area contributed by atoms with Crippen molar-refractivity contribution in [3.05, 3.63) is 66.7 Å². The largest absolute Gasteiger partial charge is 0.494 e. The summed E-state index contributed by atoms with van der Waals surface area (Å²) in [5, 5.41) is 6.67. The molecule has 232 valence electrons. The highest BCUT2D eigenvalue weighted by molar-refractivity contribution is 5.88. The Balaban J connectivity index is 1.20. The summed E-state index contributed by atoms with van der Waals surface area (Å²) in [6.45, 7) is 6.09. The van der Waals surface area contributed by atoms with Crippen LogP contribution in [0.2, 0.25) is 0 Å². The summed E-state index contributed by atoms with van der Waals surface area (Å²) in [5.74, 6) is 2.61. The van der Waals surface area contributed by atoms with Crippen molar-refractivity contribution in [2.24, 2.45) is 0 Å². The summed E-state index contributed by atoms with van der Waals surface area (Å²) in [5.41, 5.74) is 2.87. The molecule has 4 rings (SSSR count). The Hall–Kier alpha value is -3.27. The lowest BCUT2D eigenvalue weighted by atomic mass is 10.0. The van der Waals surface area contributed by atoms with Crippen LogP contribution in [0.5, 0.6) is 11.5 Å². The van der Waals surface area contributed by atoms with E-state index in [1.54, 1.807) is 0 Å². The van der Waals surface area contributed by atoms with E-state index < -0.39 is 0 Å². The van der Waals surface area contributed by atoms with Crippen molar-refractivity contribution >= 4 is 10.8 Å². The van der Waals surface area contributed by atoms with E-state index in [4.69, 9.17) is 14.0 Å². The van der Waals surface area contributed by atoms with Gasteiger partial charge < -0.3 is 14.0 Å². The van der Waals surface area contributed by atoms with Gasteiger partial charge in [0.25, 0.3) is 0 Å². The Kier molecular flexibility index (Phi) is 14.5. The fourth-order valence-electron chi connectivity index (χ4n) is 5.59. The zero-order chi connectivity index (χ0) is 30.0. The summed E-state index contributed by atoms with van der Waals surface area (Å²) in [6, 6.07) is 22.9. The highest BCUT2D eigenvalue weighted by atomic mass is 16.5. The van der Waals surface area contributed by atoms with Gasteiger partial charge in [-0.3, -0.25) is 0 Å². The van der Waals surface area contributed by atoms with Crippen LogP contribution in [0.25, 0.3) is 33.4 Å². The molecule has 0 aliphatic rings. The molecule has 3 aromatic carbocycles. The van der Waals surface area contributed by atoms with Gasteiger partial charge in [-0.2, -0.15) is 0 Å². The second kappa shape index (κ2) is 19.1. The van der Waals surface area contributed by atoms with Crippen LogP contribution in [0.3, 0.4) is 0 Å². The smallest absolute Gasteiger partial charge is 0.167 e. The summed E-state index contributed by atoms with van der Waals surface area (Å²) in [7, 11) is 0. The van der Waals surface area contributed by atoms with Gasteiger partial charge in [0.2, 0.25) is 0 Å². The van der Waals surface area contributed by atoms with Crippen molar-refractivity contribution < 1.29 is 14.0 Å². The molecule has 0 saturated carbocycles. The molecule has 1 aromatic heterocycles. The number of aromatic nitrogens is 1. The van der Waals surface area contributed by atoms with Gasteiger partial charge in [-0.25, -0.2) is 0 Å². The Morgan fingerprint density at radius 2 is 0.977 bits per heavy atom. The van der Waals surface area contributed by atoms with Gasteiger partial charge in [0, 0.05) is 17.2 Å². The number of hydrogen-bond donors (Lipinski definition) is 0. The first-order valence-electron chi connectivity index (χ1n) is 17.1. The fourth-order valence-corrected chi connectivity index (χ4v) is 5.59. The molecule has 0 spiro atoms. The molecule has 0 bridgehead atoms. The van der Waals surface area contributed by atoms with Gasteiger partial charge in [-0.1, -0.05) is 127 Å². The summed E-state index contributed by atoms with van der Waals surface area (Å²) >= 11 is 0. The van der Waals surface area contributed by atoms with Crippen molar-refractivity contribution in [2.45, 2.75) is 117 Å². The number of benzene rings is 3. The fraction of sp³-hybridized carbons (Fsp3) is 0.513. The summed E-state index contributed by atoms with van der Waals surface area (Å²) in [6.07, 6.45) is 20.9. The third-order valence-electron chi connectivity index (χ3n) is 8.29. The lowest BCUT2D eigenvalue weighted by molar-refractivity contribution is 0.304. The molecule has 0 aliphatic heterocycles. The SMILES string of the molecule is CCCCCCCCCCOc1ccc(-c2cc(-c3ccc4cc(OCCCCCCCCCC)ccc4c3)on2)cc1. The average Bonchev–Trinajstić information content (AvgIpc) is 3.54.